The number of amides is 1. The number of nitrogens with zero attached hydrogens (tertiary/aromatic N) is 1. The first-order valence-corrected chi connectivity index (χ1v) is 10.2. The van der Waals surface area contributed by atoms with Crippen molar-refractivity contribution in [2.75, 3.05) is 6.54 Å². The first kappa shape index (κ1) is 23.5. The summed E-state index contributed by atoms with van der Waals surface area (Å²) in [5.74, 6) is 0. The van der Waals surface area contributed by atoms with Gasteiger partial charge in [0.15, 0.2) is 0 Å². The molecular formula is C22H28Cl2N2O3. The fraction of sp³-hybridized carbons (Fsp3) is 0.409. The monoisotopic (exact) mass is 438 g/mol. The minimum Gasteiger partial charge on any atom is -0.465 e. The van der Waals surface area contributed by atoms with Crippen LogP contribution in [0.15, 0.2) is 48.5 Å². The second-order valence-corrected chi connectivity index (χ2v) is 8.78. The average Bonchev–Trinajstić information content (AvgIpc) is 2.64. The van der Waals surface area contributed by atoms with Gasteiger partial charge in [0.1, 0.15) is 0 Å². The van der Waals surface area contributed by atoms with Gasteiger partial charge in [0, 0.05) is 18.6 Å². The van der Waals surface area contributed by atoms with E-state index in [1.54, 1.807) is 6.07 Å². The molecule has 2 rings (SSSR count). The highest BCUT2D eigenvalue weighted by molar-refractivity contribution is 6.42. The van der Waals surface area contributed by atoms with Crippen molar-refractivity contribution in [1.29, 1.82) is 0 Å². The molecule has 0 radical (unpaired) electrons. The van der Waals surface area contributed by atoms with Crippen molar-refractivity contribution in [3.8, 4) is 0 Å². The van der Waals surface area contributed by atoms with Crippen molar-refractivity contribution >= 4 is 29.3 Å². The minimum atomic E-state index is -1.06. The van der Waals surface area contributed by atoms with Gasteiger partial charge in [0.2, 0.25) is 0 Å². The number of benzene rings is 2. The molecule has 0 aliphatic carbocycles. The molecule has 0 bridgehead atoms. The van der Waals surface area contributed by atoms with E-state index in [-0.39, 0.29) is 6.54 Å². The molecule has 0 saturated heterocycles. The third-order valence-electron chi connectivity index (χ3n) is 4.69. The molecule has 0 heterocycles. The summed E-state index contributed by atoms with van der Waals surface area (Å²) in [6, 6.07) is 14.3. The van der Waals surface area contributed by atoms with E-state index in [1.807, 2.05) is 63.2 Å². The molecule has 0 saturated carbocycles. The summed E-state index contributed by atoms with van der Waals surface area (Å²) in [5, 5.41) is 24.9. The van der Waals surface area contributed by atoms with E-state index < -0.39 is 23.8 Å². The van der Waals surface area contributed by atoms with E-state index in [1.165, 1.54) is 4.90 Å². The molecule has 0 spiro atoms. The van der Waals surface area contributed by atoms with Crippen molar-refractivity contribution in [2.45, 2.75) is 51.4 Å². The molecule has 2 atom stereocenters. The Hall–Kier alpha value is -1.79. The van der Waals surface area contributed by atoms with Gasteiger partial charge in [0.05, 0.1) is 22.2 Å². The van der Waals surface area contributed by atoms with Crippen LogP contribution < -0.4 is 5.32 Å². The number of hydrogen-bond donors (Lipinski definition) is 3. The van der Waals surface area contributed by atoms with Crippen molar-refractivity contribution in [1.82, 2.24) is 10.2 Å². The zero-order valence-corrected chi connectivity index (χ0v) is 18.4. The molecule has 2 aromatic rings. The summed E-state index contributed by atoms with van der Waals surface area (Å²) >= 11 is 12.3. The zero-order chi connectivity index (χ0) is 21.6. The first-order valence-electron chi connectivity index (χ1n) is 9.49. The van der Waals surface area contributed by atoms with Gasteiger partial charge in [0.25, 0.3) is 0 Å². The van der Waals surface area contributed by atoms with Crippen LogP contribution in [0.3, 0.4) is 0 Å². The van der Waals surface area contributed by atoms with Gasteiger partial charge < -0.3 is 15.5 Å². The van der Waals surface area contributed by atoms with Gasteiger partial charge in [-0.05, 0) is 44.4 Å². The summed E-state index contributed by atoms with van der Waals surface area (Å²) < 4.78 is 0. The number of aliphatic hydroxyl groups excluding tert-OH is 1. The molecule has 1 amide bonds. The average molecular weight is 439 g/mol. The van der Waals surface area contributed by atoms with E-state index >= 15 is 0 Å². The maximum atomic E-state index is 12.0. The first-order chi connectivity index (χ1) is 13.6. The lowest BCUT2D eigenvalue weighted by molar-refractivity contribution is 0.00770. The SMILES string of the molecule is CC(C)(C)N(C(=O)O)[C@@H](Cc1ccccc1)[C@H](O)CNCc1cccc(Cl)c1Cl. The Labute approximate surface area is 182 Å². The molecule has 7 heteroatoms. The maximum Gasteiger partial charge on any atom is 0.408 e. The number of aliphatic hydroxyl groups is 1. The number of halogens is 2. The van der Waals surface area contributed by atoms with E-state index in [4.69, 9.17) is 23.2 Å². The van der Waals surface area contributed by atoms with Gasteiger partial charge in [-0.1, -0.05) is 65.7 Å². The molecule has 0 aliphatic rings. The smallest absolute Gasteiger partial charge is 0.408 e. The Kier molecular flexibility index (Phi) is 8.34. The Morgan fingerprint density at radius 3 is 2.34 bits per heavy atom. The Balaban J connectivity index is 2.16. The van der Waals surface area contributed by atoms with Crippen LogP contribution in [-0.2, 0) is 13.0 Å². The molecule has 0 unspecified atom stereocenters. The highest BCUT2D eigenvalue weighted by atomic mass is 35.5. The van der Waals surface area contributed by atoms with Crippen LogP contribution in [0.4, 0.5) is 4.79 Å². The highest BCUT2D eigenvalue weighted by Gasteiger charge is 2.37. The highest BCUT2D eigenvalue weighted by Crippen LogP contribution is 2.26. The molecule has 0 fully saturated rings. The topological polar surface area (TPSA) is 72.8 Å². The second-order valence-electron chi connectivity index (χ2n) is 7.99. The Morgan fingerprint density at radius 1 is 1.10 bits per heavy atom. The van der Waals surface area contributed by atoms with Gasteiger partial charge >= 0.3 is 6.09 Å². The van der Waals surface area contributed by atoms with Crippen LogP contribution in [0.2, 0.25) is 10.0 Å². The van der Waals surface area contributed by atoms with Gasteiger partial charge in [-0.2, -0.15) is 0 Å². The molecule has 29 heavy (non-hydrogen) atoms. The van der Waals surface area contributed by atoms with Gasteiger partial charge in [-0.3, -0.25) is 4.90 Å². The number of rotatable bonds is 8. The molecule has 158 valence electrons. The van der Waals surface area contributed by atoms with Crippen LogP contribution in [0.5, 0.6) is 0 Å². The summed E-state index contributed by atoms with van der Waals surface area (Å²) in [7, 11) is 0. The van der Waals surface area contributed by atoms with Crippen LogP contribution in [0, 0.1) is 0 Å². The van der Waals surface area contributed by atoms with Gasteiger partial charge in [-0.15, -0.1) is 0 Å². The van der Waals surface area contributed by atoms with Crippen molar-refractivity contribution < 1.29 is 15.0 Å². The maximum absolute atomic E-state index is 12.0. The van der Waals surface area contributed by atoms with Crippen LogP contribution in [0.25, 0.3) is 0 Å². The largest absolute Gasteiger partial charge is 0.465 e. The molecule has 3 N–H and O–H groups in total. The zero-order valence-electron chi connectivity index (χ0n) is 16.9. The Bertz CT molecular complexity index is 809. The number of nitrogens with one attached hydrogen (secondary N) is 1. The number of carbonyl (C=O) groups is 1. The van der Waals surface area contributed by atoms with E-state index in [2.05, 4.69) is 5.32 Å². The van der Waals surface area contributed by atoms with Crippen LogP contribution in [0.1, 0.15) is 31.9 Å². The van der Waals surface area contributed by atoms with E-state index in [0.29, 0.717) is 23.0 Å². The molecule has 0 aromatic heterocycles. The standard InChI is InChI=1S/C22H28Cl2N2O3/c1-22(2,3)26(21(28)29)18(12-15-8-5-4-6-9-15)19(27)14-25-13-16-10-7-11-17(23)20(16)24/h4-11,18-19,25,27H,12-14H2,1-3H3,(H,28,29)/t18-,19+/m0/s1. The normalized spacial score (nSPS) is 13.7. The van der Waals surface area contributed by atoms with Crippen molar-refractivity contribution in [2.24, 2.45) is 0 Å². The predicted octanol–water partition coefficient (Wildman–Crippen LogP) is 4.83. The van der Waals surface area contributed by atoms with E-state index in [9.17, 15) is 15.0 Å². The summed E-state index contributed by atoms with van der Waals surface area (Å²) in [6.45, 7) is 6.10. The summed E-state index contributed by atoms with van der Waals surface area (Å²) in [6.07, 6.45) is -1.57. The summed E-state index contributed by atoms with van der Waals surface area (Å²) in [5.41, 5.74) is 1.12. The predicted molar refractivity (Wildman–Crippen MR) is 118 cm³/mol. The third kappa shape index (κ3) is 6.61. The molecule has 5 nitrogen and oxygen atoms in total. The Morgan fingerprint density at radius 2 is 1.76 bits per heavy atom. The van der Waals surface area contributed by atoms with Crippen molar-refractivity contribution in [3.63, 3.8) is 0 Å². The fourth-order valence-electron chi connectivity index (χ4n) is 3.36. The van der Waals surface area contributed by atoms with Crippen molar-refractivity contribution in [3.05, 3.63) is 69.7 Å². The molecule has 0 aliphatic heterocycles. The molecule has 2 aromatic carbocycles. The van der Waals surface area contributed by atoms with Crippen LogP contribution in [-0.4, -0.2) is 45.4 Å². The van der Waals surface area contributed by atoms with Gasteiger partial charge in [-0.25, -0.2) is 4.79 Å². The minimum absolute atomic E-state index is 0.209. The lowest BCUT2D eigenvalue weighted by atomic mass is 9.94. The quantitative estimate of drug-likeness (QED) is 0.551. The summed E-state index contributed by atoms with van der Waals surface area (Å²) in [4.78, 5) is 13.4. The lowest BCUT2D eigenvalue weighted by Crippen LogP contribution is -2.58. The van der Waals surface area contributed by atoms with E-state index in [0.717, 1.165) is 11.1 Å². The fourth-order valence-corrected chi connectivity index (χ4v) is 3.74. The second kappa shape index (κ2) is 10.3. The van der Waals surface area contributed by atoms with Crippen LogP contribution >= 0.6 is 23.2 Å². The lowest BCUT2D eigenvalue weighted by Gasteiger charge is -2.42. The molecular weight excluding hydrogens is 411 g/mol. The number of hydrogen-bond acceptors (Lipinski definition) is 3. The third-order valence-corrected chi connectivity index (χ3v) is 5.55. The number of carboxylic acid groups (broad SMARTS) is 1.